The largest absolute Gasteiger partial charge is 0.497 e. The summed E-state index contributed by atoms with van der Waals surface area (Å²) in [6.45, 7) is 0. The van der Waals surface area contributed by atoms with Crippen LogP contribution in [0.15, 0.2) is 48.7 Å². The molecule has 0 saturated carbocycles. The molecule has 0 aliphatic carbocycles. The van der Waals surface area contributed by atoms with E-state index >= 15 is 0 Å². The fraction of sp³-hybridized carbons (Fsp3) is 0.158. The maximum absolute atomic E-state index is 12.7. The summed E-state index contributed by atoms with van der Waals surface area (Å²) in [5, 5.41) is 0.555. The van der Waals surface area contributed by atoms with Crippen LogP contribution >= 0.6 is 0 Å². The summed E-state index contributed by atoms with van der Waals surface area (Å²) in [6, 6.07) is 9.09. The van der Waals surface area contributed by atoms with Crippen molar-refractivity contribution in [1.82, 2.24) is 4.98 Å². The number of benzene rings is 2. The van der Waals surface area contributed by atoms with Crippen LogP contribution < -0.4 is 9.47 Å². The molecule has 0 aliphatic heterocycles. The Hall–Kier alpha value is -3.29. The molecule has 27 heavy (non-hydrogen) atoms. The van der Waals surface area contributed by atoms with Crippen LogP contribution in [-0.2, 0) is 10.9 Å². The van der Waals surface area contributed by atoms with E-state index in [0.717, 1.165) is 12.1 Å². The molecule has 3 aromatic rings. The molecule has 0 spiro atoms. The van der Waals surface area contributed by atoms with E-state index in [4.69, 9.17) is 9.47 Å². The summed E-state index contributed by atoms with van der Waals surface area (Å²) in [6.07, 6.45) is -3.09. The zero-order valence-corrected chi connectivity index (χ0v) is 14.3. The molecule has 0 fully saturated rings. The molecular formula is C19H14F3NO4. The van der Waals surface area contributed by atoms with E-state index in [1.165, 1.54) is 32.5 Å². The number of nitrogens with zero attached hydrogens (tertiary/aromatic N) is 1. The number of rotatable bonds is 4. The number of carbonyl (C=O) groups is 1. The summed E-state index contributed by atoms with van der Waals surface area (Å²) >= 11 is 0. The van der Waals surface area contributed by atoms with Crippen molar-refractivity contribution >= 4 is 16.9 Å². The third-order valence-electron chi connectivity index (χ3n) is 3.79. The molecule has 0 saturated heterocycles. The van der Waals surface area contributed by atoms with Gasteiger partial charge in [-0.05, 0) is 36.4 Å². The second-order valence-electron chi connectivity index (χ2n) is 5.54. The van der Waals surface area contributed by atoms with Gasteiger partial charge >= 0.3 is 12.1 Å². The van der Waals surface area contributed by atoms with Crippen LogP contribution in [0.1, 0.15) is 15.9 Å². The fourth-order valence-corrected chi connectivity index (χ4v) is 2.45. The van der Waals surface area contributed by atoms with Crippen molar-refractivity contribution in [3.63, 3.8) is 0 Å². The van der Waals surface area contributed by atoms with Crippen molar-refractivity contribution in [2.75, 3.05) is 14.2 Å². The number of esters is 1. The summed E-state index contributed by atoms with van der Waals surface area (Å²) in [4.78, 5) is 15.9. The molecule has 2 aromatic carbocycles. The molecule has 0 amide bonds. The minimum atomic E-state index is -4.42. The molecule has 0 unspecified atom stereocenters. The molecule has 0 bridgehead atoms. The number of methoxy groups -OCH3 is 2. The lowest BCUT2D eigenvalue weighted by Crippen LogP contribution is -2.04. The van der Waals surface area contributed by atoms with Crippen LogP contribution in [0.2, 0.25) is 0 Å². The average Bonchev–Trinajstić information content (AvgIpc) is 2.66. The molecular weight excluding hydrogens is 363 g/mol. The highest BCUT2D eigenvalue weighted by Crippen LogP contribution is 2.35. The average molecular weight is 377 g/mol. The molecule has 3 rings (SSSR count). The zero-order valence-electron chi connectivity index (χ0n) is 14.3. The van der Waals surface area contributed by atoms with E-state index in [1.807, 2.05) is 0 Å². The molecule has 0 radical (unpaired) electrons. The predicted molar refractivity (Wildman–Crippen MR) is 91.2 cm³/mol. The van der Waals surface area contributed by atoms with Gasteiger partial charge in [-0.15, -0.1) is 0 Å². The summed E-state index contributed by atoms with van der Waals surface area (Å²) in [7, 11) is 2.72. The number of fused-ring (bicyclic) bond motifs is 1. The Labute approximate surface area is 152 Å². The van der Waals surface area contributed by atoms with Crippen LogP contribution in [0, 0.1) is 0 Å². The van der Waals surface area contributed by atoms with Gasteiger partial charge in [-0.25, -0.2) is 4.79 Å². The summed E-state index contributed by atoms with van der Waals surface area (Å²) in [5.74, 6) is 0.377. The number of alkyl halides is 3. The Balaban J connectivity index is 2.01. The number of carbonyl (C=O) groups excluding carboxylic acids is 1. The predicted octanol–water partition coefficient (Wildman–Crippen LogP) is 4.84. The smallest absolute Gasteiger partial charge is 0.416 e. The maximum atomic E-state index is 12.7. The first kappa shape index (κ1) is 18.5. The monoisotopic (exact) mass is 377 g/mol. The lowest BCUT2D eigenvalue weighted by Gasteiger charge is -2.12. The van der Waals surface area contributed by atoms with Crippen molar-refractivity contribution in [3.8, 4) is 17.2 Å². The van der Waals surface area contributed by atoms with E-state index in [9.17, 15) is 18.0 Å². The Morgan fingerprint density at radius 3 is 2.30 bits per heavy atom. The second-order valence-corrected chi connectivity index (χ2v) is 5.54. The van der Waals surface area contributed by atoms with Crippen molar-refractivity contribution < 1.29 is 32.2 Å². The highest BCUT2D eigenvalue weighted by Gasteiger charge is 2.30. The first-order valence-corrected chi connectivity index (χ1v) is 7.73. The van der Waals surface area contributed by atoms with Crippen molar-refractivity contribution in [3.05, 3.63) is 59.8 Å². The summed E-state index contributed by atoms with van der Waals surface area (Å²) in [5.41, 5.74) is -0.103. The molecule has 5 nitrogen and oxygen atoms in total. The molecule has 1 aromatic heterocycles. The van der Waals surface area contributed by atoms with Crippen LogP contribution in [-0.4, -0.2) is 25.2 Å². The molecule has 0 aliphatic rings. The van der Waals surface area contributed by atoms with Crippen LogP contribution in [0.25, 0.3) is 10.9 Å². The van der Waals surface area contributed by atoms with Gasteiger partial charge in [0.15, 0.2) is 5.75 Å². The number of pyridine rings is 1. The Morgan fingerprint density at radius 2 is 1.70 bits per heavy atom. The Kier molecular flexibility index (Phi) is 4.89. The molecule has 8 heteroatoms. The zero-order chi connectivity index (χ0) is 19.6. The van der Waals surface area contributed by atoms with Crippen molar-refractivity contribution in [2.24, 2.45) is 0 Å². The topological polar surface area (TPSA) is 57.7 Å². The van der Waals surface area contributed by atoms with Gasteiger partial charge in [-0.3, -0.25) is 4.98 Å². The van der Waals surface area contributed by atoms with Gasteiger partial charge < -0.3 is 14.2 Å². The van der Waals surface area contributed by atoms with Crippen molar-refractivity contribution in [1.29, 1.82) is 0 Å². The third kappa shape index (κ3) is 3.94. The first-order valence-electron chi connectivity index (χ1n) is 7.73. The SMILES string of the molecule is COC(=O)c1cnc2c(Oc3ccc(C(F)(F)F)cc3)cc(OC)cc2c1. The maximum Gasteiger partial charge on any atom is 0.416 e. The first-order chi connectivity index (χ1) is 12.8. The standard InChI is InChI=1S/C19H14F3NO4/c1-25-15-8-11-7-12(18(24)26-2)10-23-17(11)16(9-15)27-14-5-3-13(4-6-14)19(20,21)22/h3-10H,1-2H3. The van der Waals surface area contributed by atoms with Gasteiger partial charge in [0.1, 0.15) is 17.0 Å². The van der Waals surface area contributed by atoms with Gasteiger partial charge in [0.25, 0.3) is 0 Å². The highest BCUT2D eigenvalue weighted by molar-refractivity contribution is 5.95. The lowest BCUT2D eigenvalue weighted by molar-refractivity contribution is -0.137. The van der Waals surface area contributed by atoms with Gasteiger partial charge in [-0.2, -0.15) is 13.2 Å². The summed E-state index contributed by atoms with van der Waals surface area (Å²) < 4.78 is 53.6. The highest BCUT2D eigenvalue weighted by atomic mass is 19.4. The van der Waals surface area contributed by atoms with E-state index in [0.29, 0.717) is 16.7 Å². The number of aromatic nitrogens is 1. The van der Waals surface area contributed by atoms with Gasteiger partial charge in [0.05, 0.1) is 25.3 Å². The minimum Gasteiger partial charge on any atom is -0.497 e. The van der Waals surface area contributed by atoms with E-state index < -0.39 is 17.7 Å². The Morgan fingerprint density at radius 1 is 1.00 bits per heavy atom. The normalized spacial score (nSPS) is 11.3. The number of halogens is 3. The molecule has 0 N–H and O–H groups in total. The quantitative estimate of drug-likeness (QED) is 0.609. The number of ether oxygens (including phenoxy) is 3. The molecule has 0 atom stereocenters. The van der Waals surface area contributed by atoms with E-state index in [-0.39, 0.29) is 17.1 Å². The van der Waals surface area contributed by atoms with Crippen LogP contribution in [0.4, 0.5) is 13.2 Å². The van der Waals surface area contributed by atoms with Crippen LogP contribution in [0.3, 0.4) is 0 Å². The third-order valence-corrected chi connectivity index (χ3v) is 3.79. The van der Waals surface area contributed by atoms with Crippen LogP contribution in [0.5, 0.6) is 17.2 Å². The van der Waals surface area contributed by atoms with Gasteiger partial charge in [0, 0.05) is 17.6 Å². The minimum absolute atomic E-state index is 0.205. The Bertz CT molecular complexity index is 985. The van der Waals surface area contributed by atoms with E-state index in [2.05, 4.69) is 9.72 Å². The van der Waals surface area contributed by atoms with E-state index in [1.54, 1.807) is 18.2 Å². The number of hydrogen-bond acceptors (Lipinski definition) is 5. The second kappa shape index (κ2) is 7.14. The van der Waals surface area contributed by atoms with Crippen molar-refractivity contribution in [2.45, 2.75) is 6.18 Å². The molecule has 140 valence electrons. The van der Waals surface area contributed by atoms with Gasteiger partial charge in [0.2, 0.25) is 0 Å². The fourth-order valence-electron chi connectivity index (χ4n) is 2.45. The lowest BCUT2D eigenvalue weighted by atomic mass is 10.1. The van der Waals surface area contributed by atoms with Gasteiger partial charge in [-0.1, -0.05) is 0 Å². The number of hydrogen-bond donors (Lipinski definition) is 0. The molecule has 1 heterocycles.